The fraction of sp³-hybridized carbons (Fsp3) is 0.312. The molecule has 7 heteroatoms. The van der Waals surface area contributed by atoms with Crippen molar-refractivity contribution in [2.24, 2.45) is 5.92 Å². The highest BCUT2D eigenvalue weighted by Gasteiger charge is 2.40. The van der Waals surface area contributed by atoms with Crippen molar-refractivity contribution in [2.45, 2.75) is 20.3 Å². The number of hydrogen-bond donors (Lipinski definition) is 1. The molecule has 2 rings (SSSR count). The van der Waals surface area contributed by atoms with Gasteiger partial charge in [-0.1, -0.05) is 11.6 Å². The lowest BCUT2D eigenvalue weighted by Crippen LogP contribution is -2.23. The molecule has 0 saturated carbocycles. The van der Waals surface area contributed by atoms with Crippen LogP contribution in [0.25, 0.3) is 0 Å². The summed E-state index contributed by atoms with van der Waals surface area (Å²) in [5.74, 6) is -3.00. The molecule has 1 aromatic rings. The third-order valence-electron chi connectivity index (χ3n) is 3.29. The molecule has 0 amide bonds. The van der Waals surface area contributed by atoms with E-state index < -0.39 is 23.8 Å². The fourth-order valence-corrected chi connectivity index (χ4v) is 2.40. The number of rotatable bonds is 5. The molecule has 1 aliphatic heterocycles. The highest BCUT2D eigenvalue weighted by molar-refractivity contribution is 6.30. The second-order valence-electron chi connectivity index (χ2n) is 4.94. The van der Waals surface area contributed by atoms with E-state index in [2.05, 4.69) is 10.1 Å². The zero-order valence-electron chi connectivity index (χ0n) is 12.7. The number of allylic oxidation sites excluding steroid dienone is 1. The first-order valence-corrected chi connectivity index (χ1v) is 7.45. The SMILES string of the molecule is CCOC(=O)/C(=C(/C)Nc1ccc(Cl)cc1)[C@H]1CC(=O)OC1=O. The van der Waals surface area contributed by atoms with Gasteiger partial charge in [-0.15, -0.1) is 0 Å². The van der Waals surface area contributed by atoms with Gasteiger partial charge in [-0.3, -0.25) is 9.59 Å². The molecule has 0 bridgehead atoms. The number of benzene rings is 1. The Morgan fingerprint density at radius 2 is 2.00 bits per heavy atom. The summed E-state index contributed by atoms with van der Waals surface area (Å²) in [6.07, 6.45) is -0.174. The molecule has 1 saturated heterocycles. The maximum atomic E-state index is 12.2. The monoisotopic (exact) mass is 337 g/mol. The van der Waals surface area contributed by atoms with Crippen LogP contribution in [0.2, 0.25) is 5.02 Å². The van der Waals surface area contributed by atoms with Gasteiger partial charge in [0.25, 0.3) is 0 Å². The summed E-state index contributed by atoms with van der Waals surface area (Å²) in [6, 6.07) is 6.84. The first-order chi connectivity index (χ1) is 10.9. The number of ether oxygens (including phenoxy) is 2. The quantitative estimate of drug-likeness (QED) is 0.505. The van der Waals surface area contributed by atoms with E-state index in [4.69, 9.17) is 16.3 Å². The number of anilines is 1. The molecular weight excluding hydrogens is 322 g/mol. The van der Waals surface area contributed by atoms with Crippen LogP contribution in [0.4, 0.5) is 5.69 Å². The molecule has 0 aliphatic carbocycles. The van der Waals surface area contributed by atoms with E-state index >= 15 is 0 Å². The molecule has 0 unspecified atom stereocenters. The topological polar surface area (TPSA) is 81.7 Å². The number of nitrogens with one attached hydrogen (secondary N) is 1. The molecule has 1 heterocycles. The van der Waals surface area contributed by atoms with Gasteiger partial charge in [-0.25, -0.2) is 4.79 Å². The zero-order chi connectivity index (χ0) is 17.0. The molecule has 1 fully saturated rings. The van der Waals surface area contributed by atoms with E-state index in [1.807, 2.05) is 0 Å². The maximum absolute atomic E-state index is 12.2. The van der Waals surface area contributed by atoms with Crippen molar-refractivity contribution in [2.75, 3.05) is 11.9 Å². The largest absolute Gasteiger partial charge is 0.463 e. The van der Waals surface area contributed by atoms with Crippen LogP contribution >= 0.6 is 11.6 Å². The first-order valence-electron chi connectivity index (χ1n) is 7.07. The molecule has 0 aromatic heterocycles. The second kappa shape index (κ2) is 7.28. The van der Waals surface area contributed by atoms with Crippen LogP contribution in [0.3, 0.4) is 0 Å². The molecule has 1 aliphatic rings. The van der Waals surface area contributed by atoms with E-state index in [0.29, 0.717) is 16.4 Å². The van der Waals surface area contributed by atoms with E-state index in [-0.39, 0.29) is 18.6 Å². The van der Waals surface area contributed by atoms with Crippen LogP contribution in [0, 0.1) is 5.92 Å². The minimum atomic E-state index is -0.957. The molecule has 1 N–H and O–H groups in total. The molecule has 1 atom stereocenters. The van der Waals surface area contributed by atoms with Gasteiger partial charge < -0.3 is 14.8 Å². The lowest BCUT2D eigenvalue weighted by atomic mass is 9.95. The molecule has 0 radical (unpaired) electrons. The Kier molecular flexibility index (Phi) is 5.39. The minimum Gasteiger partial charge on any atom is -0.463 e. The third-order valence-corrected chi connectivity index (χ3v) is 3.55. The highest BCUT2D eigenvalue weighted by atomic mass is 35.5. The molecule has 1 aromatic carbocycles. The summed E-state index contributed by atoms with van der Waals surface area (Å²) in [5.41, 5.74) is 1.20. The van der Waals surface area contributed by atoms with E-state index in [1.165, 1.54) is 0 Å². The van der Waals surface area contributed by atoms with Crippen LogP contribution < -0.4 is 5.32 Å². The van der Waals surface area contributed by atoms with Crippen LogP contribution in [-0.4, -0.2) is 24.5 Å². The Morgan fingerprint density at radius 1 is 1.35 bits per heavy atom. The van der Waals surface area contributed by atoms with Crippen LogP contribution in [-0.2, 0) is 23.9 Å². The number of hydrogen-bond acceptors (Lipinski definition) is 6. The summed E-state index contributed by atoms with van der Waals surface area (Å²) < 4.78 is 9.54. The smallest absolute Gasteiger partial charge is 0.336 e. The van der Waals surface area contributed by atoms with Crippen LogP contribution in [0.1, 0.15) is 20.3 Å². The number of carbonyl (C=O) groups excluding carboxylic acids is 3. The number of carbonyl (C=O) groups is 3. The number of halogens is 1. The predicted molar refractivity (Wildman–Crippen MR) is 83.6 cm³/mol. The predicted octanol–water partition coefficient (Wildman–Crippen LogP) is 2.68. The normalized spacial score (nSPS) is 18.3. The van der Waals surface area contributed by atoms with E-state index in [9.17, 15) is 14.4 Å². The molecule has 23 heavy (non-hydrogen) atoms. The summed E-state index contributed by atoms with van der Waals surface area (Å²) in [4.78, 5) is 35.3. The van der Waals surface area contributed by atoms with Crippen LogP contribution in [0.15, 0.2) is 35.5 Å². The average molecular weight is 338 g/mol. The van der Waals surface area contributed by atoms with Crippen molar-refractivity contribution in [1.29, 1.82) is 0 Å². The Balaban J connectivity index is 2.34. The van der Waals surface area contributed by atoms with Crippen molar-refractivity contribution in [3.8, 4) is 0 Å². The lowest BCUT2D eigenvalue weighted by Gasteiger charge is -2.16. The van der Waals surface area contributed by atoms with E-state index in [1.54, 1.807) is 38.1 Å². The molecule has 6 nitrogen and oxygen atoms in total. The van der Waals surface area contributed by atoms with Crippen molar-refractivity contribution < 1.29 is 23.9 Å². The van der Waals surface area contributed by atoms with E-state index in [0.717, 1.165) is 0 Å². The van der Waals surface area contributed by atoms with Gasteiger partial charge in [0, 0.05) is 16.4 Å². The number of esters is 3. The summed E-state index contributed by atoms with van der Waals surface area (Å²) in [6.45, 7) is 3.46. The van der Waals surface area contributed by atoms with Crippen molar-refractivity contribution in [3.63, 3.8) is 0 Å². The number of cyclic esters (lactones) is 2. The van der Waals surface area contributed by atoms with Gasteiger partial charge in [0.1, 0.15) is 5.92 Å². The highest BCUT2D eigenvalue weighted by Crippen LogP contribution is 2.28. The summed E-state index contributed by atoms with van der Waals surface area (Å²) >= 11 is 5.83. The Morgan fingerprint density at radius 3 is 2.52 bits per heavy atom. The maximum Gasteiger partial charge on any atom is 0.336 e. The molecule has 0 spiro atoms. The van der Waals surface area contributed by atoms with Gasteiger partial charge in [0.15, 0.2) is 0 Å². The van der Waals surface area contributed by atoms with Crippen molar-refractivity contribution >= 4 is 35.2 Å². The standard InChI is InChI=1S/C16H16ClNO5/c1-3-22-16(21)14(12-8-13(19)23-15(12)20)9(2)18-11-6-4-10(17)5-7-11/h4-7,12,18H,3,8H2,1-2H3/b14-9-/t12-/m1/s1. The van der Waals surface area contributed by atoms with Gasteiger partial charge >= 0.3 is 17.9 Å². The Labute approximate surface area is 138 Å². The molecule has 122 valence electrons. The fourth-order valence-electron chi connectivity index (χ4n) is 2.28. The minimum absolute atomic E-state index is 0.0950. The van der Waals surface area contributed by atoms with Gasteiger partial charge in [-0.2, -0.15) is 0 Å². The third kappa shape index (κ3) is 4.10. The van der Waals surface area contributed by atoms with Gasteiger partial charge in [0.2, 0.25) is 0 Å². The zero-order valence-corrected chi connectivity index (χ0v) is 13.5. The van der Waals surface area contributed by atoms with Gasteiger partial charge in [-0.05, 0) is 38.1 Å². The average Bonchev–Trinajstić information content (AvgIpc) is 2.80. The van der Waals surface area contributed by atoms with Crippen molar-refractivity contribution in [3.05, 3.63) is 40.6 Å². The molecular formula is C16H16ClNO5. The summed E-state index contributed by atoms with van der Waals surface area (Å²) in [7, 11) is 0. The van der Waals surface area contributed by atoms with Crippen LogP contribution in [0.5, 0.6) is 0 Å². The lowest BCUT2D eigenvalue weighted by molar-refractivity contribution is -0.153. The Hall–Kier alpha value is -2.34. The van der Waals surface area contributed by atoms with Gasteiger partial charge in [0.05, 0.1) is 18.6 Å². The second-order valence-corrected chi connectivity index (χ2v) is 5.38. The Bertz CT molecular complexity index is 666. The van der Waals surface area contributed by atoms with Crippen molar-refractivity contribution in [1.82, 2.24) is 0 Å². The summed E-state index contributed by atoms with van der Waals surface area (Å²) in [5, 5.41) is 3.60. The first kappa shape index (κ1) is 17.0.